The number of ketones is 1. The van der Waals surface area contributed by atoms with Gasteiger partial charge in [-0.1, -0.05) is 0 Å². The Kier molecular flexibility index (Phi) is 6.63. The number of rotatable bonds is 4. The maximum absolute atomic E-state index is 13.0. The van der Waals surface area contributed by atoms with E-state index in [1.54, 1.807) is 34.1 Å². The number of amides is 2. The maximum Gasteiger partial charge on any atom is 0.246 e. The molecule has 0 saturated carbocycles. The first kappa shape index (κ1) is 23.9. The molecule has 2 aromatic carbocycles. The monoisotopic (exact) mass is 486 g/mol. The quantitative estimate of drug-likeness (QED) is 0.534. The number of carbonyl (C=O) groups is 3. The molecule has 1 aliphatic carbocycles. The highest BCUT2D eigenvalue weighted by Crippen LogP contribution is 2.42. The number of carbonyl (C=O) groups excluding carboxylic acids is 3. The third-order valence-corrected chi connectivity index (χ3v) is 7.26. The standard InChI is InChI=1S/C29H30N2O5/c32-25-17-23-21(15-19(25)7-9-27(34)30-11-3-1-4-12-30)22-16-20(26(33)18-24(22)29(23)36)8-10-28(35)31-13-5-2-6-14-31/h7-10,15-18,32-33H,1-6,11-14H2/b9-7+,10-8+. The first-order valence-electron chi connectivity index (χ1n) is 12.7. The Morgan fingerprint density at radius 3 is 1.39 bits per heavy atom. The number of aromatic hydroxyl groups is 2. The van der Waals surface area contributed by atoms with Crippen molar-refractivity contribution in [2.45, 2.75) is 38.5 Å². The van der Waals surface area contributed by atoms with Crippen molar-refractivity contribution in [3.05, 3.63) is 58.7 Å². The van der Waals surface area contributed by atoms with Crippen molar-refractivity contribution in [2.75, 3.05) is 26.2 Å². The van der Waals surface area contributed by atoms with Crippen LogP contribution < -0.4 is 0 Å². The Bertz CT molecular complexity index is 1180. The van der Waals surface area contributed by atoms with Crippen LogP contribution in [0.4, 0.5) is 0 Å². The highest BCUT2D eigenvalue weighted by atomic mass is 16.3. The highest BCUT2D eigenvalue weighted by molar-refractivity contribution is 6.22. The molecule has 7 nitrogen and oxygen atoms in total. The Morgan fingerprint density at radius 2 is 1.00 bits per heavy atom. The normalized spacial score (nSPS) is 17.6. The molecule has 36 heavy (non-hydrogen) atoms. The Balaban J connectivity index is 1.43. The van der Waals surface area contributed by atoms with Crippen LogP contribution >= 0.6 is 0 Å². The predicted octanol–water partition coefficient (Wildman–Crippen LogP) is 4.36. The van der Waals surface area contributed by atoms with Gasteiger partial charge >= 0.3 is 0 Å². The lowest BCUT2D eigenvalue weighted by Crippen LogP contribution is -2.34. The van der Waals surface area contributed by atoms with Gasteiger partial charge in [0.25, 0.3) is 0 Å². The summed E-state index contributed by atoms with van der Waals surface area (Å²) < 4.78 is 0. The molecule has 2 aromatic rings. The summed E-state index contributed by atoms with van der Waals surface area (Å²) in [6.07, 6.45) is 12.3. The molecule has 186 valence electrons. The maximum atomic E-state index is 13.0. The second kappa shape index (κ2) is 10.0. The van der Waals surface area contributed by atoms with Crippen LogP contribution in [-0.4, -0.2) is 63.8 Å². The van der Waals surface area contributed by atoms with Crippen molar-refractivity contribution < 1.29 is 24.6 Å². The number of piperidine rings is 2. The van der Waals surface area contributed by atoms with Crippen LogP contribution in [0.5, 0.6) is 11.5 Å². The van der Waals surface area contributed by atoms with Gasteiger partial charge in [-0.25, -0.2) is 0 Å². The SMILES string of the molecule is O=C1c2cc(O)c(/C=C/C(=O)N3CCCCC3)cc2-c2cc(/C=C/C(=O)N3CCCCC3)c(O)cc21. The summed E-state index contributed by atoms with van der Waals surface area (Å²) in [5, 5.41) is 21.1. The molecule has 3 aliphatic rings. The van der Waals surface area contributed by atoms with Gasteiger partial charge in [0.15, 0.2) is 5.78 Å². The molecule has 2 fully saturated rings. The molecule has 5 rings (SSSR count). The van der Waals surface area contributed by atoms with Gasteiger partial charge in [-0.15, -0.1) is 0 Å². The fraction of sp³-hybridized carbons (Fsp3) is 0.345. The molecular formula is C29H30N2O5. The molecule has 0 bridgehead atoms. The van der Waals surface area contributed by atoms with E-state index in [4.69, 9.17) is 0 Å². The van der Waals surface area contributed by atoms with E-state index in [0.717, 1.165) is 64.7 Å². The zero-order valence-electron chi connectivity index (χ0n) is 20.2. The van der Waals surface area contributed by atoms with Crippen molar-refractivity contribution in [2.24, 2.45) is 0 Å². The number of hydrogen-bond acceptors (Lipinski definition) is 5. The summed E-state index contributed by atoms with van der Waals surface area (Å²) in [5.41, 5.74) is 2.79. The Labute approximate surface area is 210 Å². The van der Waals surface area contributed by atoms with Crippen LogP contribution in [0.15, 0.2) is 36.4 Å². The van der Waals surface area contributed by atoms with E-state index in [-0.39, 0.29) is 29.1 Å². The molecule has 7 heteroatoms. The first-order chi connectivity index (χ1) is 17.4. The average molecular weight is 487 g/mol. The third kappa shape index (κ3) is 4.65. The van der Waals surface area contributed by atoms with E-state index in [1.807, 2.05) is 0 Å². The number of phenols is 2. The zero-order valence-corrected chi connectivity index (χ0v) is 20.2. The number of benzene rings is 2. The Hall–Kier alpha value is -3.87. The number of phenolic OH excluding ortho intramolecular Hbond substituents is 2. The van der Waals surface area contributed by atoms with Crippen molar-refractivity contribution in [1.29, 1.82) is 0 Å². The van der Waals surface area contributed by atoms with E-state index in [0.29, 0.717) is 33.4 Å². The lowest BCUT2D eigenvalue weighted by molar-refractivity contribution is -0.127. The summed E-state index contributed by atoms with van der Waals surface area (Å²) >= 11 is 0. The molecule has 0 spiro atoms. The van der Waals surface area contributed by atoms with Crippen LogP contribution in [0, 0.1) is 0 Å². The van der Waals surface area contributed by atoms with Gasteiger partial charge in [-0.2, -0.15) is 0 Å². The first-order valence-corrected chi connectivity index (χ1v) is 12.7. The minimum absolute atomic E-state index is 0.0888. The summed E-state index contributed by atoms with van der Waals surface area (Å²) in [5.74, 6) is -0.655. The third-order valence-electron chi connectivity index (χ3n) is 7.26. The molecule has 2 amide bonds. The molecule has 0 unspecified atom stereocenters. The van der Waals surface area contributed by atoms with Crippen LogP contribution in [0.2, 0.25) is 0 Å². The van der Waals surface area contributed by atoms with Gasteiger partial charge in [0.05, 0.1) is 0 Å². The van der Waals surface area contributed by atoms with E-state index in [2.05, 4.69) is 0 Å². The zero-order chi connectivity index (χ0) is 25.2. The van der Waals surface area contributed by atoms with Crippen molar-refractivity contribution in [3.63, 3.8) is 0 Å². The Morgan fingerprint density at radius 1 is 0.611 bits per heavy atom. The summed E-state index contributed by atoms with van der Waals surface area (Å²) in [6.45, 7) is 2.95. The van der Waals surface area contributed by atoms with Gasteiger partial charge in [-0.3, -0.25) is 14.4 Å². The largest absolute Gasteiger partial charge is 0.507 e. The summed E-state index contributed by atoms with van der Waals surface area (Å²) in [4.78, 5) is 41.6. The van der Waals surface area contributed by atoms with E-state index < -0.39 is 0 Å². The minimum atomic E-state index is -0.287. The summed E-state index contributed by atoms with van der Waals surface area (Å²) in [6, 6.07) is 6.21. The average Bonchev–Trinajstić information content (AvgIpc) is 3.16. The van der Waals surface area contributed by atoms with Crippen LogP contribution in [0.3, 0.4) is 0 Å². The number of hydrogen-bond donors (Lipinski definition) is 2. The molecule has 0 atom stereocenters. The second-order valence-corrected chi connectivity index (χ2v) is 9.68. The second-order valence-electron chi connectivity index (χ2n) is 9.68. The van der Waals surface area contributed by atoms with Crippen LogP contribution in [-0.2, 0) is 9.59 Å². The fourth-order valence-corrected chi connectivity index (χ4v) is 5.21. The van der Waals surface area contributed by atoms with Crippen LogP contribution in [0.25, 0.3) is 23.3 Å². The predicted molar refractivity (Wildman–Crippen MR) is 138 cm³/mol. The molecule has 0 radical (unpaired) electrons. The molecule has 2 saturated heterocycles. The van der Waals surface area contributed by atoms with Gasteiger partial charge < -0.3 is 20.0 Å². The van der Waals surface area contributed by atoms with Crippen LogP contribution in [0.1, 0.15) is 65.6 Å². The highest BCUT2D eigenvalue weighted by Gasteiger charge is 2.29. The molecule has 2 heterocycles. The topological polar surface area (TPSA) is 98.2 Å². The molecule has 0 aromatic heterocycles. The van der Waals surface area contributed by atoms with Crippen molar-refractivity contribution in [1.82, 2.24) is 9.80 Å². The molecule has 2 N–H and O–H groups in total. The summed E-state index contributed by atoms with van der Waals surface area (Å²) in [7, 11) is 0. The number of nitrogens with zero attached hydrogens (tertiary/aromatic N) is 2. The molecule has 2 aliphatic heterocycles. The van der Waals surface area contributed by atoms with E-state index in [1.165, 1.54) is 24.3 Å². The lowest BCUT2D eigenvalue weighted by atomic mass is 9.99. The van der Waals surface area contributed by atoms with Gasteiger partial charge in [0, 0.05) is 60.6 Å². The lowest BCUT2D eigenvalue weighted by Gasteiger charge is -2.25. The van der Waals surface area contributed by atoms with E-state index >= 15 is 0 Å². The van der Waals surface area contributed by atoms with Crippen molar-refractivity contribution in [3.8, 4) is 22.6 Å². The minimum Gasteiger partial charge on any atom is -0.507 e. The molecular weight excluding hydrogens is 456 g/mol. The van der Waals surface area contributed by atoms with E-state index in [9.17, 15) is 24.6 Å². The van der Waals surface area contributed by atoms with Gasteiger partial charge in [0.1, 0.15) is 11.5 Å². The fourth-order valence-electron chi connectivity index (χ4n) is 5.21. The number of fused-ring (bicyclic) bond motifs is 3. The van der Waals surface area contributed by atoms with Gasteiger partial charge in [-0.05, 0) is 86.1 Å². The van der Waals surface area contributed by atoms with Gasteiger partial charge in [0.2, 0.25) is 11.8 Å². The van der Waals surface area contributed by atoms with Crippen molar-refractivity contribution >= 4 is 29.7 Å². The number of likely N-dealkylation sites (tertiary alicyclic amines) is 2. The smallest absolute Gasteiger partial charge is 0.246 e.